The van der Waals surface area contributed by atoms with E-state index in [1.807, 2.05) is 0 Å². The Balaban J connectivity index is 3.11. The lowest BCUT2D eigenvalue weighted by atomic mass is 10.0. The second-order valence-corrected chi connectivity index (χ2v) is 3.58. The maximum absolute atomic E-state index is 13.5. The summed E-state index contributed by atoms with van der Waals surface area (Å²) in [5.41, 5.74) is 6.29. The maximum atomic E-state index is 13.5. The van der Waals surface area contributed by atoms with Crippen LogP contribution in [-0.4, -0.2) is 6.67 Å². The number of alkyl halides is 1. The van der Waals surface area contributed by atoms with Gasteiger partial charge in [-0.3, -0.25) is 4.39 Å². The Bertz CT molecular complexity index is 328. The topological polar surface area (TPSA) is 26.0 Å². The van der Waals surface area contributed by atoms with E-state index < -0.39 is 18.5 Å². The van der Waals surface area contributed by atoms with Crippen LogP contribution in [0.3, 0.4) is 0 Å². The van der Waals surface area contributed by atoms with Gasteiger partial charge in [-0.25, -0.2) is 4.39 Å². The largest absolute Gasteiger partial charge is 0.324 e. The Morgan fingerprint density at radius 1 is 1.50 bits per heavy atom. The average molecular weight is 220 g/mol. The van der Waals surface area contributed by atoms with Gasteiger partial charge in [0.1, 0.15) is 5.82 Å². The van der Waals surface area contributed by atoms with E-state index in [0.29, 0.717) is 5.56 Å². The van der Waals surface area contributed by atoms with Crippen molar-refractivity contribution in [2.24, 2.45) is 5.73 Å². The minimum atomic E-state index is -0.674. The predicted octanol–water partition coefficient (Wildman–Crippen LogP) is 3.15. The van der Waals surface area contributed by atoms with Gasteiger partial charge in [0.15, 0.2) is 0 Å². The lowest BCUT2D eigenvalue weighted by Crippen LogP contribution is -2.14. The smallest absolute Gasteiger partial charge is 0.132 e. The van der Waals surface area contributed by atoms with Crippen molar-refractivity contribution in [3.63, 3.8) is 0 Å². The van der Waals surface area contributed by atoms with Gasteiger partial charge in [0.25, 0.3) is 0 Å². The van der Waals surface area contributed by atoms with Crippen molar-refractivity contribution in [2.45, 2.75) is 19.4 Å². The Morgan fingerprint density at radius 2 is 2.14 bits per heavy atom. The highest BCUT2D eigenvalue weighted by atomic mass is 35.5. The van der Waals surface area contributed by atoms with E-state index in [1.54, 1.807) is 19.1 Å². The van der Waals surface area contributed by atoms with Gasteiger partial charge in [0.2, 0.25) is 0 Å². The van der Waals surface area contributed by atoms with Crippen molar-refractivity contribution in [3.05, 3.63) is 34.1 Å². The molecule has 1 atom stereocenters. The molecule has 0 aliphatic heterocycles. The summed E-state index contributed by atoms with van der Waals surface area (Å²) < 4.78 is 25.6. The van der Waals surface area contributed by atoms with Crippen LogP contribution in [0.25, 0.3) is 0 Å². The molecular formula is C10H12ClF2N. The zero-order chi connectivity index (χ0) is 10.7. The molecule has 0 amide bonds. The number of hydrogen-bond acceptors (Lipinski definition) is 1. The molecule has 0 aliphatic carbocycles. The van der Waals surface area contributed by atoms with Crippen molar-refractivity contribution in [2.75, 3.05) is 6.67 Å². The maximum Gasteiger partial charge on any atom is 0.132 e. The highest BCUT2D eigenvalue weighted by molar-refractivity contribution is 6.31. The summed E-state index contributed by atoms with van der Waals surface area (Å²) in [6, 6.07) is 2.48. The normalized spacial score (nSPS) is 12.9. The van der Waals surface area contributed by atoms with Gasteiger partial charge < -0.3 is 5.73 Å². The Morgan fingerprint density at radius 3 is 2.71 bits per heavy atom. The molecule has 2 N–H and O–H groups in total. The van der Waals surface area contributed by atoms with Crippen molar-refractivity contribution < 1.29 is 8.78 Å². The van der Waals surface area contributed by atoms with Crippen LogP contribution in [0.1, 0.15) is 23.6 Å². The summed E-state index contributed by atoms with van der Waals surface area (Å²) in [5.74, 6) is -0.432. The highest BCUT2D eigenvalue weighted by Crippen LogP contribution is 2.28. The molecular weight excluding hydrogens is 208 g/mol. The Hall–Kier alpha value is -0.670. The van der Waals surface area contributed by atoms with E-state index in [4.69, 9.17) is 17.3 Å². The Kier molecular flexibility index (Phi) is 3.84. The van der Waals surface area contributed by atoms with Gasteiger partial charge in [-0.1, -0.05) is 17.7 Å². The summed E-state index contributed by atoms with van der Waals surface area (Å²) in [6.07, 6.45) is 0.0834. The monoisotopic (exact) mass is 219 g/mol. The molecule has 1 rings (SSSR count). The molecule has 1 nitrogen and oxygen atoms in total. The minimum absolute atomic E-state index is 0.0834. The fourth-order valence-corrected chi connectivity index (χ4v) is 1.57. The third kappa shape index (κ3) is 2.22. The first-order valence-electron chi connectivity index (χ1n) is 4.34. The molecule has 4 heteroatoms. The summed E-state index contributed by atoms with van der Waals surface area (Å²) in [6.45, 7) is 1.04. The first kappa shape index (κ1) is 11.4. The summed E-state index contributed by atoms with van der Waals surface area (Å²) in [7, 11) is 0. The molecule has 14 heavy (non-hydrogen) atoms. The summed E-state index contributed by atoms with van der Waals surface area (Å²) >= 11 is 5.79. The van der Waals surface area contributed by atoms with Crippen LogP contribution >= 0.6 is 11.6 Å². The SMILES string of the molecule is Cc1ccc(Cl)c([C@H](N)CCF)c1F. The van der Waals surface area contributed by atoms with Gasteiger partial charge in [0.05, 0.1) is 6.67 Å². The average Bonchev–Trinajstić information content (AvgIpc) is 2.13. The standard InChI is InChI=1S/C10H12ClF2N/c1-6-2-3-7(11)9(10(6)13)8(14)4-5-12/h2-3,8H,4-5,14H2,1H3/t8-/m1/s1. The van der Waals surface area contributed by atoms with Crippen molar-refractivity contribution in [3.8, 4) is 0 Å². The molecule has 0 fully saturated rings. The van der Waals surface area contributed by atoms with Crippen molar-refractivity contribution in [1.82, 2.24) is 0 Å². The highest BCUT2D eigenvalue weighted by Gasteiger charge is 2.16. The van der Waals surface area contributed by atoms with E-state index in [2.05, 4.69) is 0 Å². The van der Waals surface area contributed by atoms with Crippen molar-refractivity contribution in [1.29, 1.82) is 0 Å². The van der Waals surface area contributed by atoms with Crippen LogP contribution in [0, 0.1) is 12.7 Å². The number of hydrogen-bond donors (Lipinski definition) is 1. The number of benzene rings is 1. The first-order chi connectivity index (χ1) is 6.57. The molecule has 1 aromatic rings. The number of aryl methyl sites for hydroxylation is 1. The molecule has 0 radical (unpaired) electrons. The molecule has 0 saturated carbocycles. The molecule has 0 bridgehead atoms. The number of nitrogens with two attached hydrogens (primary N) is 1. The van der Waals surface area contributed by atoms with E-state index in [-0.39, 0.29) is 17.0 Å². The molecule has 78 valence electrons. The zero-order valence-corrected chi connectivity index (χ0v) is 8.61. The summed E-state index contributed by atoms with van der Waals surface area (Å²) in [4.78, 5) is 0. The molecule has 0 saturated heterocycles. The van der Waals surface area contributed by atoms with Crippen LogP contribution < -0.4 is 5.73 Å². The predicted molar refractivity (Wildman–Crippen MR) is 53.7 cm³/mol. The van der Waals surface area contributed by atoms with Gasteiger partial charge in [-0.05, 0) is 25.0 Å². The van der Waals surface area contributed by atoms with Crippen LogP contribution in [-0.2, 0) is 0 Å². The molecule has 0 aliphatic rings. The van der Waals surface area contributed by atoms with Crippen molar-refractivity contribution >= 4 is 11.6 Å². The van der Waals surface area contributed by atoms with Gasteiger partial charge in [-0.2, -0.15) is 0 Å². The number of rotatable bonds is 3. The quantitative estimate of drug-likeness (QED) is 0.831. The lowest BCUT2D eigenvalue weighted by molar-refractivity contribution is 0.434. The Labute approximate surface area is 86.9 Å². The molecule has 0 aromatic heterocycles. The molecule has 1 aromatic carbocycles. The van der Waals surface area contributed by atoms with Gasteiger partial charge in [-0.15, -0.1) is 0 Å². The van der Waals surface area contributed by atoms with E-state index in [9.17, 15) is 8.78 Å². The van der Waals surface area contributed by atoms with E-state index >= 15 is 0 Å². The van der Waals surface area contributed by atoms with Crippen LogP contribution in [0.5, 0.6) is 0 Å². The second kappa shape index (κ2) is 4.71. The van der Waals surface area contributed by atoms with Gasteiger partial charge in [0, 0.05) is 16.6 Å². The van der Waals surface area contributed by atoms with Crippen LogP contribution in [0.4, 0.5) is 8.78 Å². The third-order valence-electron chi connectivity index (χ3n) is 2.11. The van der Waals surface area contributed by atoms with E-state index in [0.717, 1.165) is 0 Å². The van der Waals surface area contributed by atoms with Crippen LogP contribution in [0.2, 0.25) is 5.02 Å². The molecule has 0 spiro atoms. The lowest BCUT2D eigenvalue weighted by Gasteiger charge is -2.14. The van der Waals surface area contributed by atoms with E-state index in [1.165, 1.54) is 0 Å². The summed E-state index contributed by atoms with van der Waals surface area (Å²) in [5, 5.41) is 0.258. The second-order valence-electron chi connectivity index (χ2n) is 3.18. The minimum Gasteiger partial charge on any atom is -0.324 e. The third-order valence-corrected chi connectivity index (χ3v) is 2.44. The fraction of sp³-hybridized carbons (Fsp3) is 0.400. The van der Waals surface area contributed by atoms with Crippen LogP contribution in [0.15, 0.2) is 12.1 Å². The number of halogens is 3. The zero-order valence-electron chi connectivity index (χ0n) is 7.86. The molecule has 0 unspecified atom stereocenters. The fourth-order valence-electron chi connectivity index (χ4n) is 1.28. The first-order valence-corrected chi connectivity index (χ1v) is 4.71. The molecule has 0 heterocycles. The van der Waals surface area contributed by atoms with Gasteiger partial charge >= 0.3 is 0 Å².